The molecule has 22 heavy (non-hydrogen) atoms. The maximum atomic E-state index is 12.3. The van der Waals surface area contributed by atoms with Crippen molar-refractivity contribution in [1.29, 1.82) is 0 Å². The van der Waals surface area contributed by atoms with Crippen molar-refractivity contribution in [1.82, 2.24) is 4.90 Å². The minimum Gasteiger partial charge on any atom is -0.370 e. The van der Waals surface area contributed by atoms with Gasteiger partial charge in [0.15, 0.2) is 0 Å². The first kappa shape index (κ1) is 14.9. The third-order valence-corrected chi connectivity index (χ3v) is 4.38. The number of likely N-dealkylation sites (tertiary alicyclic amines) is 1. The predicted molar refractivity (Wildman–Crippen MR) is 86.9 cm³/mol. The summed E-state index contributed by atoms with van der Waals surface area (Å²) < 4.78 is 0. The minimum atomic E-state index is -0.109. The summed E-state index contributed by atoms with van der Waals surface area (Å²) in [4.78, 5) is 28.0. The van der Waals surface area contributed by atoms with Gasteiger partial charge in [-0.1, -0.05) is 12.1 Å². The highest BCUT2D eigenvalue weighted by molar-refractivity contribution is 5.97. The zero-order valence-electron chi connectivity index (χ0n) is 12.9. The monoisotopic (exact) mass is 301 g/mol. The lowest BCUT2D eigenvalue weighted by atomic mass is 10.1. The Kier molecular flexibility index (Phi) is 4.61. The van der Waals surface area contributed by atoms with Gasteiger partial charge in [0.25, 0.3) is 0 Å². The standard InChI is InChI=1S/C17H23N3O2/c21-16(13-20-12-4-3-9-17(20)22)18-14-7-1-2-8-15(14)19-10-5-6-11-19/h1-2,7-8H,3-6,9-13H2,(H,18,21). The molecule has 2 saturated heterocycles. The van der Waals surface area contributed by atoms with Crippen molar-refractivity contribution in [2.75, 3.05) is 36.4 Å². The molecule has 1 N–H and O–H groups in total. The van der Waals surface area contributed by atoms with Crippen LogP contribution in [0.15, 0.2) is 24.3 Å². The summed E-state index contributed by atoms with van der Waals surface area (Å²) in [7, 11) is 0. The number of nitrogens with zero attached hydrogens (tertiary/aromatic N) is 2. The molecule has 2 fully saturated rings. The van der Waals surface area contributed by atoms with Crippen LogP contribution < -0.4 is 10.2 Å². The quantitative estimate of drug-likeness (QED) is 0.928. The fraction of sp³-hybridized carbons (Fsp3) is 0.529. The number of para-hydroxylation sites is 2. The fourth-order valence-electron chi connectivity index (χ4n) is 3.21. The molecule has 0 spiro atoms. The van der Waals surface area contributed by atoms with Crippen LogP contribution in [0.1, 0.15) is 32.1 Å². The van der Waals surface area contributed by atoms with Crippen molar-refractivity contribution in [3.8, 4) is 0 Å². The second-order valence-corrected chi connectivity index (χ2v) is 6.03. The lowest BCUT2D eigenvalue weighted by Gasteiger charge is -2.26. The Hall–Kier alpha value is -2.04. The lowest BCUT2D eigenvalue weighted by molar-refractivity contribution is -0.136. The third-order valence-electron chi connectivity index (χ3n) is 4.38. The Morgan fingerprint density at radius 2 is 1.77 bits per heavy atom. The van der Waals surface area contributed by atoms with Gasteiger partial charge in [0.2, 0.25) is 11.8 Å². The number of carbonyl (C=O) groups excluding carboxylic acids is 2. The summed E-state index contributed by atoms with van der Waals surface area (Å²) in [5.41, 5.74) is 1.93. The molecule has 118 valence electrons. The molecule has 0 atom stereocenters. The molecule has 5 heteroatoms. The summed E-state index contributed by atoms with van der Waals surface area (Å²) in [5.74, 6) is -0.0175. The SMILES string of the molecule is O=C(CN1CCCCC1=O)Nc1ccccc1N1CCCC1. The van der Waals surface area contributed by atoms with Crippen LogP contribution in [-0.4, -0.2) is 42.9 Å². The number of nitrogens with one attached hydrogen (secondary N) is 1. The van der Waals surface area contributed by atoms with Crippen LogP contribution in [0.25, 0.3) is 0 Å². The van der Waals surface area contributed by atoms with Crippen LogP contribution in [0.2, 0.25) is 0 Å². The van der Waals surface area contributed by atoms with E-state index in [1.165, 1.54) is 12.8 Å². The van der Waals surface area contributed by atoms with Gasteiger partial charge >= 0.3 is 0 Å². The van der Waals surface area contributed by atoms with Crippen LogP contribution in [0.3, 0.4) is 0 Å². The molecule has 1 aromatic rings. The van der Waals surface area contributed by atoms with Gasteiger partial charge in [-0.15, -0.1) is 0 Å². The summed E-state index contributed by atoms with van der Waals surface area (Å²) in [6, 6.07) is 7.91. The van der Waals surface area contributed by atoms with E-state index in [1.54, 1.807) is 4.90 Å². The topological polar surface area (TPSA) is 52.7 Å². The first-order chi connectivity index (χ1) is 10.7. The maximum absolute atomic E-state index is 12.3. The summed E-state index contributed by atoms with van der Waals surface area (Å²) in [6.45, 7) is 2.93. The van der Waals surface area contributed by atoms with Crippen molar-refractivity contribution < 1.29 is 9.59 Å². The predicted octanol–water partition coefficient (Wildman–Crippen LogP) is 2.24. The van der Waals surface area contributed by atoms with E-state index in [9.17, 15) is 9.59 Å². The van der Waals surface area contributed by atoms with E-state index < -0.39 is 0 Å². The summed E-state index contributed by atoms with van der Waals surface area (Å²) >= 11 is 0. The van der Waals surface area contributed by atoms with Crippen molar-refractivity contribution in [2.24, 2.45) is 0 Å². The Morgan fingerprint density at radius 3 is 2.55 bits per heavy atom. The molecule has 0 radical (unpaired) electrons. The lowest BCUT2D eigenvalue weighted by Crippen LogP contribution is -2.40. The molecular formula is C17H23N3O2. The number of anilines is 2. The van der Waals surface area contributed by atoms with E-state index in [0.29, 0.717) is 13.0 Å². The maximum Gasteiger partial charge on any atom is 0.244 e. The number of piperidine rings is 1. The van der Waals surface area contributed by atoms with Crippen LogP contribution in [-0.2, 0) is 9.59 Å². The Morgan fingerprint density at radius 1 is 1.05 bits per heavy atom. The molecule has 2 aliphatic heterocycles. The number of carbonyl (C=O) groups is 2. The molecule has 2 heterocycles. The molecule has 2 amide bonds. The Labute approximate surface area is 131 Å². The first-order valence-electron chi connectivity index (χ1n) is 8.15. The van der Waals surface area contributed by atoms with Crippen LogP contribution in [0, 0.1) is 0 Å². The van der Waals surface area contributed by atoms with Gasteiger partial charge in [0.1, 0.15) is 0 Å². The van der Waals surface area contributed by atoms with Gasteiger partial charge in [-0.2, -0.15) is 0 Å². The largest absolute Gasteiger partial charge is 0.370 e. The highest BCUT2D eigenvalue weighted by Gasteiger charge is 2.21. The number of hydrogen-bond acceptors (Lipinski definition) is 3. The molecule has 0 aliphatic carbocycles. The Balaban J connectivity index is 1.65. The molecule has 0 aromatic heterocycles. The number of rotatable bonds is 4. The third kappa shape index (κ3) is 3.40. The van der Waals surface area contributed by atoms with E-state index >= 15 is 0 Å². The second-order valence-electron chi connectivity index (χ2n) is 6.03. The number of benzene rings is 1. The average molecular weight is 301 g/mol. The Bertz CT molecular complexity index is 553. The molecule has 3 rings (SSSR count). The zero-order chi connectivity index (χ0) is 15.4. The first-order valence-corrected chi connectivity index (χ1v) is 8.15. The molecule has 2 aliphatic rings. The average Bonchev–Trinajstić information content (AvgIpc) is 3.04. The molecule has 1 aromatic carbocycles. The highest BCUT2D eigenvalue weighted by Crippen LogP contribution is 2.28. The smallest absolute Gasteiger partial charge is 0.244 e. The molecule has 5 nitrogen and oxygen atoms in total. The van der Waals surface area contributed by atoms with Crippen molar-refractivity contribution in [3.63, 3.8) is 0 Å². The van der Waals surface area contributed by atoms with Crippen LogP contribution in [0.5, 0.6) is 0 Å². The molecular weight excluding hydrogens is 278 g/mol. The summed E-state index contributed by atoms with van der Waals surface area (Å²) in [5, 5.41) is 2.98. The van der Waals surface area contributed by atoms with Gasteiger partial charge in [0.05, 0.1) is 17.9 Å². The van der Waals surface area contributed by atoms with Crippen molar-refractivity contribution >= 4 is 23.2 Å². The summed E-state index contributed by atoms with van der Waals surface area (Å²) in [6.07, 6.45) is 4.89. The van der Waals surface area contributed by atoms with E-state index in [0.717, 1.165) is 37.3 Å². The molecule has 0 unspecified atom stereocenters. The van der Waals surface area contributed by atoms with E-state index in [4.69, 9.17) is 0 Å². The zero-order valence-corrected chi connectivity index (χ0v) is 12.9. The van der Waals surface area contributed by atoms with Crippen LogP contribution in [0.4, 0.5) is 11.4 Å². The van der Waals surface area contributed by atoms with Crippen molar-refractivity contribution in [3.05, 3.63) is 24.3 Å². The van der Waals surface area contributed by atoms with E-state index in [2.05, 4.69) is 10.2 Å². The van der Waals surface area contributed by atoms with E-state index in [1.807, 2.05) is 24.3 Å². The van der Waals surface area contributed by atoms with E-state index in [-0.39, 0.29) is 18.4 Å². The van der Waals surface area contributed by atoms with Crippen LogP contribution >= 0.6 is 0 Å². The number of hydrogen-bond donors (Lipinski definition) is 1. The molecule has 0 saturated carbocycles. The van der Waals surface area contributed by atoms with Gasteiger partial charge in [0, 0.05) is 26.1 Å². The fourth-order valence-corrected chi connectivity index (χ4v) is 3.21. The normalized spacial score (nSPS) is 18.6. The van der Waals surface area contributed by atoms with Gasteiger partial charge < -0.3 is 15.1 Å². The minimum absolute atomic E-state index is 0.0919. The molecule has 0 bridgehead atoms. The number of amides is 2. The van der Waals surface area contributed by atoms with Gasteiger partial charge in [-0.3, -0.25) is 9.59 Å². The van der Waals surface area contributed by atoms with Gasteiger partial charge in [-0.25, -0.2) is 0 Å². The highest BCUT2D eigenvalue weighted by atomic mass is 16.2. The van der Waals surface area contributed by atoms with Gasteiger partial charge in [-0.05, 0) is 37.8 Å². The second kappa shape index (κ2) is 6.81. The van der Waals surface area contributed by atoms with Crippen molar-refractivity contribution in [2.45, 2.75) is 32.1 Å².